The van der Waals surface area contributed by atoms with Crippen LogP contribution < -0.4 is 0 Å². The van der Waals surface area contributed by atoms with Crippen molar-refractivity contribution in [3.05, 3.63) is 0 Å². The van der Waals surface area contributed by atoms with E-state index in [1.807, 2.05) is 0 Å². The minimum Gasteiger partial charge on any atom is -0.276 e. The lowest BCUT2D eigenvalue weighted by Crippen LogP contribution is -2.15. The highest BCUT2D eigenvalue weighted by Crippen LogP contribution is 2.13. The smallest absolute Gasteiger partial charge is 0.255 e. The van der Waals surface area contributed by atoms with Gasteiger partial charge in [0.15, 0.2) is 0 Å². The van der Waals surface area contributed by atoms with E-state index in [1.165, 1.54) is 77.0 Å². The molecule has 0 saturated heterocycles. The number of rotatable bonds is 15. The summed E-state index contributed by atoms with van der Waals surface area (Å²) in [5.74, 6) is -0.186. The van der Waals surface area contributed by atoms with Crippen molar-refractivity contribution in [2.75, 3.05) is 0 Å². The molecule has 126 valence electrons. The Morgan fingerprint density at radius 1 is 0.762 bits per heavy atom. The maximum absolute atomic E-state index is 11.1. The molecule has 0 aliphatic rings. The maximum Gasteiger partial charge on any atom is 0.255 e. The minimum absolute atomic E-state index is 0.186. The summed E-state index contributed by atoms with van der Waals surface area (Å²) in [5, 5.41) is 8.90. The van der Waals surface area contributed by atoms with Gasteiger partial charge in [0.2, 0.25) is 0 Å². The maximum atomic E-state index is 11.1. The van der Waals surface area contributed by atoms with E-state index in [1.54, 1.807) is 22.9 Å². The van der Waals surface area contributed by atoms with E-state index in [0.29, 0.717) is 9.70 Å². The molecule has 1 N–H and O–H groups in total. The van der Waals surface area contributed by atoms with Crippen LogP contribution in [0.2, 0.25) is 0 Å². The van der Waals surface area contributed by atoms with Gasteiger partial charge in [-0.25, -0.2) is 0 Å². The van der Waals surface area contributed by atoms with Crippen LogP contribution in [0.1, 0.15) is 103 Å². The first-order valence-electron chi connectivity index (χ1n) is 8.86. The molecule has 0 rings (SSSR count). The van der Waals surface area contributed by atoms with Crippen molar-refractivity contribution in [2.45, 2.75) is 103 Å². The van der Waals surface area contributed by atoms with Crippen LogP contribution in [-0.4, -0.2) is 14.4 Å². The van der Waals surface area contributed by atoms with Gasteiger partial charge < -0.3 is 0 Å². The normalized spacial score (nSPS) is 10.8. The fraction of sp³-hybridized carbons (Fsp3) is 0.941. The topological polar surface area (TPSA) is 40.5 Å². The molecule has 21 heavy (non-hydrogen) atoms. The average molecular weight is 411 g/mol. The molecule has 0 atom stereocenters. The van der Waals surface area contributed by atoms with Gasteiger partial charge in [-0.15, -0.1) is 0 Å². The first kappa shape index (κ1) is 21.2. The Morgan fingerprint density at radius 2 is 1.10 bits per heavy atom. The molecule has 0 radical (unpaired) electrons. The molecule has 0 fully saturated rings. The molecule has 0 aromatic carbocycles. The number of hydrogen-bond donors (Lipinski definition) is 1. The molecule has 1 amide bonds. The van der Waals surface area contributed by atoms with Gasteiger partial charge in [0, 0.05) is 6.42 Å². The first-order chi connectivity index (χ1) is 10.2. The monoisotopic (exact) mass is 411 g/mol. The summed E-state index contributed by atoms with van der Waals surface area (Å²) in [6, 6.07) is 0. The van der Waals surface area contributed by atoms with Gasteiger partial charge in [0.1, 0.15) is 0 Å². The van der Waals surface area contributed by atoms with E-state index < -0.39 is 0 Å². The first-order valence-corrected chi connectivity index (χ1v) is 9.82. The van der Waals surface area contributed by atoms with Gasteiger partial charge >= 0.3 is 0 Å². The molecule has 0 aromatic rings. The third-order valence-corrected chi connectivity index (χ3v) is 4.49. The van der Waals surface area contributed by atoms with Crippen molar-refractivity contribution in [1.29, 1.82) is 0 Å². The van der Waals surface area contributed by atoms with E-state index in [-0.39, 0.29) is 5.91 Å². The summed E-state index contributed by atoms with van der Waals surface area (Å²) in [5.41, 5.74) is 0. The zero-order valence-corrected chi connectivity index (χ0v) is 15.9. The summed E-state index contributed by atoms with van der Waals surface area (Å²) < 4.78 is 0.667. The van der Waals surface area contributed by atoms with Crippen molar-refractivity contribution in [2.24, 2.45) is 0 Å². The molecular weight excluding hydrogens is 377 g/mol. The fourth-order valence-corrected chi connectivity index (χ4v) is 2.80. The van der Waals surface area contributed by atoms with E-state index in [2.05, 4.69) is 6.92 Å². The number of amides is 1. The second-order valence-electron chi connectivity index (χ2n) is 6.00. The van der Waals surface area contributed by atoms with Crippen LogP contribution in [0, 0.1) is 0 Å². The molecule has 4 heteroatoms. The van der Waals surface area contributed by atoms with Crippen molar-refractivity contribution >= 4 is 28.8 Å². The summed E-state index contributed by atoms with van der Waals surface area (Å²) in [4.78, 5) is 11.1. The molecule has 0 heterocycles. The van der Waals surface area contributed by atoms with E-state index in [9.17, 15) is 4.79 Å². The lowest BCUT2D eigenvalue weighted by atomic mass is 10.0. The second-order valence-corrected chi connectivity index (χ2v) is 6.91. The molecule has 0 bridgehead atoms. The SMILES string of the molecule is CCCCCCCCCCCCCCCCC(=O)N(O)I. The average Bonchev–Trinajstić information content (AvgIpc) is 2.47. The highest BCUT2D eigenvalue weighted by molar-refractivity contribution is 14.1. The zero-order chi connectivity index (χ0) is 15.8. The van der Waals surface area contributed by atoms with Crippen LogP contribution in [-0.2, 0) is 4.79 Å². The summed E-state index contributed by atoms with van der Waals surface area (Å²) in [6.45, 7) is 2.27. The van der Waals surface area contributed by atoms with Gasteiger partial charge in [-0.3, -0.25) is 10.0 Å². The predicted octanol–water partition coefficient (Wildman–Crippen LogP) is 6.43. The molecule has 0 saturated carbocycles. The molecule has 3 nitrogen and oxygen atoms in total. The van der Waals surface area contributed by atoms with Gasteiger partial charge in [-0.1, -0.05) is 90.4 Å². The van der Waals surface area contributed by atoms with Crippen LogP contribution >= 0.6 is 22.9 Å². The van der Waals surface area contributed by atoms with Gasteiger partial charge in [-0.2, -0.15) is 3.28 Å². The minimum atomic E-state index is -0.186. The summed E-state index contributed by atoms with van der Waals surface area (Å²) >= 11 is 1.61. The highest BCUT2D eigenvalue weighted by atomic mass is 127. The number of hydrogen-bond acceptors (Lipinski definition) is 2. The van der Waals surface area contributed by atoms with Crippen molar-refractivity contribution < 1.29 is 10.0 Å². The van der Waals surface area contributed by atoms with Crippen LogP contribution in [0.4, 0.5) is 0 Å². The number of halogens is 1. The lowest BCUT2D eigenvalue weighted by molar-refractivity contribution is -0.141. The number of carbonyl (C=O) groups is 1. The number of carbonyl (C=O) groups excluding carboxylic acids is 1. The number of hydroxylamine groups is 1. The third-order valence-electron chi connectivity index (χ3n) is 3.95. The fourth-order valence-electron chi connectivity index (χ4n) is 2.56. The Kier molecular flexibility index (Phi) is 16.7. The predicted molar refractivity (Wildman–Crippen MR) is 97.6 cm³/mol. The van der Waals surface area contributed by atoms with E-state index >= 15 is 0 Å². The number of unbranched alkanes of at least 4 members (excludes halogenated alkanes) is 13. The number of nitrogens with zero attached hydrogens (tertiary/aromatic N) is 1. The summed E-state index contributed by atoms with van der Waals surface area (Å²) in [7, 11) is 0. The second kappa shape index (κ2) is 16.5. The van der Waals surface area contributed by atoms with Gasteiger partial charge in [0.05, 0.1) is 22.9 Å². The Hall–Kier alpha value is 0.160. The van der Waals surface area contributed by atoms with Crippen molar-refractivity contribution in [1.82, 2.24) is 3.28 Å². The Labute approximate surface area is 145 Å². The highest BCUT2D eigenvalue weighted by Gasteiger charge is 2.05. The Morgan fingerprint density at radius 3 is 1.43 bits per heavy atom. The zero-order valence-electron chi connectivity index (χ0n) is 13.8. The Bertz CT molecular complexity index is 235. The summed E-state index contributed by atoms with van der Waals surface area (Å²) in [6.07, 6.45) is 18.9. The van der Waals surface area contributed by atoms with Crippen molar-refractivity contribution in [3.8, 4) is 0 Å². The van der Waals surface area contributed by atoms with E-state index in [4.69, 9.17) is 5.21 Å². The molecular formula is C17H34INO2. The van der Waals surface area contributed by atoms with Crippen LogP contribution in [0.5, 0.6) is 0 Å². The van der Waals surface area contributed by atoms with Crippen LogP contribution in [0.25, 0.3) is 0 Å². The van der Waals surface area contributed by atoms with Crippen molar-refractivity contribution in [3.63, 3.8) is 0 Å². The molecule has 0 aromatic heterocycles. The largest absolute Gasteiger partial charge is 0.276 e. The third kappa shape index (κ3) is 16.4. The van der Waals surface area contributed by atoms with Crippen LogP contribution in [0.3, 0.4) is 0 Å². The Balaban J connectivity index is 3.04. The molecule has 0 aliphatic heterocycles. The van der Waals surface area contributed by atoms with Gasteiger partial charge in [-0.05, 0) is 6.42 Å². The lowest BCUT2D eigenvalue weighted by Gasteiger charge is -2.05. The molecule has 0 unspecified atom stereocenters. The quantitative estimate of drug-likeness (QED) is 0.111. The molecule has 0 spiro atoms. The standard InChI is InChI=1S/C17H34INO2/c1-2-3-4-5-6-7-8-9-10-11-12-13-14-15-16-17(20)19(18)21/h21H,2-16H2,1H3. The van der Waals surface area contributed by atoms with Crippen LogP contribution in [0.15, 0.2) is 0 Å². The molecule has 0 aliphatic carbocycles. The van der Waals surface area contributed by atoms with Gasteiger partial charge in [0.25, 0.3) is 5.91 Å². The van der Waals surface area contributed by atoms with E-state index in [0.717, 1.165) is 12.8 Å².